The van der Waals surface area contributed by atoms with Crippen molar-refractivity contribution in [2.24, 2.45) is 0 Å². The zero-order valence-electron chi connectivity index (χ0n) is 17.9. The van der Waals surface area contributed by atoms with Gasteiger partial charge < -0.3 is 23.5 Å². The predicted molar refractivity (Wildman–Crippen MR) is 124 cm³/mol. The molecule has 3 aromatic heterocycles. The standard InChI is InChI=1S/C19H19NO8S4/c1-7(2)20-14-8(29-10(16(21)25-3)12(31-14)18(23)27-5)9-15(20)32-13(19(24)28-6)11(30-9)17(22)26-4/h7H,1-6H3. The van der Waals surface area contributed by atoms with E-state index in [1.54, 1.807) is 0 Å². The van der Waals surface area contributed by atoms with E-state index in [4.69, 9.17) is 18.9 Å². The molecule has 0 fully saturated rings. The lowest BCUT2D eigenvalue weighted by Crippen LogP contribution is -2.10. The van der Waals surface area contributed by atoms with Crippen LogP contribution < -0.4 is 0 Å². The van der Waals surface area contributed by atoms with Crippen LogP contribution >= 0.6 is 45.3 Å². The first-order valence-electron chi connectivity index (χ1n) is 9.01. The second-order valence-electron chi connectivity index (χ2n) is 6.42. The molecule has 9 nitrogen and oxygen atoms in total. The Morgan fingerprint density at radius 1 is 0.594 bits per heavy atom. The highest BCUT2D eigenvalue weighted by Gasteiger charge is 2.29. The van der Waals surface area contributed by atoms with E-state index in [0.29, 0.717) is 19.1 Å². The van der Waals surface area contributed by atoms with Gasteiger partial charge in [0.2, 0.25) is 0 Å². The summed E-state index contributed by atoms with van der Waals surface area (Å²) in [6, 6.07) is -0.0640. The van der Waals surface area contributed by atoms with E-state index in [1.807, 2.05) is 18.4 Å². The van der Waals surface area contributed by atoms with E-state index in [1.165, 1.54) is 28.4 Å². The molecule has 0 aliphatic heterocycles. The highest BCUT2D eigenvalue weighted by atomic mass is 32.1. The fourth-order valence-electron chi connectivity index (χ4n) is 2.84. The van der Waals surface area contributed by atoms with Crippen LogP contribution in [0.1, 0.15) is 58.6 Å². The highest BCUT2D eigenvalue weighted by molar-refractivity contribution is 7.37. The van der Waals surface area contributed by atoms with Gasteiger partial charge >= 0.3 is 23.9 Å². The number of carbonyl (C=O) groups excluding carboxylic acids is 4. The number of rotatable bonds is 5. The van der Waals surface area contributed by atoms with Crippen LogP contribution in [0.2, 0.25) is 0 Å². The van der Waals surface area contributed by atoms with E-state index in [2.05, 4.69) is 0 Å². The van der Waals surface area contributed by atoms with Crippen molar-refractivity contribution in [3.05, 3.63) is 19.5 Å². The summed E-state index contributed by atoms with van der Waals surface area (Å²) in [5.74, 6) is -2.67. The molecule has 172 valence electrons. The van der Waals surface area contributed by atoms with E-state index < -0.39 is 23.9 Å². The molecule has 0 N–H and O–H groups in total. The zero-order valence-corrected chi connectivity index (χ0v) is 21.2. The van der Waals surface area contributed by atoms with Gasteiger partial charge in [-0.2, -0.15) is 0 Å². The summed E-state index contributed by atoms with van der Waals surface area (Å²) in [6.07, 6.45) is 0. The molecule has 13 heteroatoms. The summed E-state index contributed by atoms with van der Waals surface area (Å²) in [5, 5.41) is 0. The lowest BCUT2D eigenvalue weighted by molar-refractivity contribution is 0.0564. The van der Waals surface area contributed by atoms with Crippen LogP contribution in [0.5, 0.6) is 0 Å². The lowest BCUT2D eigenvalue weighted by atomic mass is 10.4. The Morgan fingerprint density at radius 3 is 1.12 bits per heavy atom. The minimum atomic E-state index is -0.674. The number of methoxy groups -OCH3 is 4. The quantitative estimate of drug-likeness (QED) is 0.347. The Bertz CT molecular complexity index is 1190. The molecule has 3 aromatic rings. The molecule has 0 unspecified atom stereocenters. The largest absolute Gasteiger partial charge is 0.465 e. The van der Waals surface area contributed by atoms with Crippen molar-refractivity contribution in [2.45, 2.75) is 19.9 Å². The minimum absolute atomic E-state index is 0.0640. The third-order valence-corrected chi connectivity index (χ3v) is 9.59. The first kappa shape index (κ1) is 24.2. The van der Waals surface area contributed by atoms with Gasteiger partial charge in [0, 0.05) is 6.04 Å². The molecule has 3 rings (SSSR count). The molecular formula is C19H19NO8S4. The van der Waals surface area contributed by atoms with E-state index in [9.17, 15) is 19.2 Å². The van der Waals surface area contributed by atoms with Crippen molar-refractivity contribution in [2.75, 3.05) is 28.4 Å². The van der Waals surface area contributed by atoms with Gasteiger partial charge in [-0.15, -0.1) is 45.3 Å². The van der Waals surface area contributed by atoms with E-state index in [0.717, 1.165) is 45.3 Å². The molecule has 0 atom stereocenters. The first-order valence-corrected chi connectivity index (χ1v) is 12.3. The molecule has 0 aromatic carbocycles. The first-order chi connectivity index (χ1) is 15.2. The van der Waals surface area contributed by atoms with Crippen LogP contribution in [-0.4, -0.2) is 56.9 Å². The number of hydrogen-bond donors (Lipinski definition) is 0. The van der Waals surface area contributed by atoms with Crippen LogP contribution in [0, 0.1) is 0 Å². The molecule has 0 bridgehead atoms. The summed E-state index contributed by atoms with van der Waals surface area (Å²) < 4.78 is 22.8. The maximum Gasteiger partial charge on any atom is 0.349 e. The molecule has 0 spiro atoms. The molecule has 0 amide bonds. The van der Waals surface area contributed by atoms with Gasteiger partial charge in [0.15, 0.2) is 0 Å². The van der Waals surface area contributed by atoms with Gasteiger partial charge in [0.1, 0.15) is 29.2 Å². The van der Waals surface area contributed by atoms with Gasteiger partial charge in [0.25, 0.3) is 0 Å². The van der Waals surface area contributed by atoms with Gasteiger partial charge in [-0.1, -0.05) is 0 Å². The Morgan fingerprint density at radius 2 is 0.875 bits per heavy atom. The second kappa shape index (κ2) is 9.57. The van der Waals surface area contributed by atoms with E-state index >= 15 is 0 Å². The molecule has 3 heterocycles. The van der Waals surface area contributed by atoms with Gasteiger partial charge in [-0.05, 0) is 13.8 Å². The normalized spacial score (nSPS) is 11.0. The van der Waals surface area contributed by atoms with Crippen LogP contribution in [0.25, 0.3) is 19.1 Å². The van der Waals surface area contributed by atoms with Crippen molar-refractivity contribution in [1.29, 1.82) is 0 Å². The predicted octanol–water partition coefficient (Wildman–Crippen LogP) is 4.89. The summed E-state index contributed by atoms with van der Waals surface area (Å²) in [5.41, 5.74) is 0. The van der Waals surface area contributed by atoms with Crippen molar-refractivity contribution in [3.8, 4) is 0 Å². The van der Waals surface area contributed by atoms with Gasteiger partial charge in [-0.25, -0.2) is 19.2 Å². The van der Waals surface area contributed by atoms with Gasteiger partial charge in [-0.3, -0.25) is 0 Å². The maximum atomic E-state index is 12.4. The summed E-state index contributed by atoms with van der Waals surface area (Å²) in [7, 11) is 4.92. The summed E-state index contributed by atoms with van der Waals surface area (Å²) in [6.45, 7) is 3.90. The van der Waals surface area contributed by atoms with Crippen LogP contribution in [-0.2, 0) is 18.9 Å². The Hall–Kier alpha value is -2.48. The van der Waals surface area contributed by atoms with Crippen molar-refractivity contribution < 1.29 is 38.1 Å². The van der Waals surface area contributed by atoms with Crippen LogP contribution in [0.3, 0.4) is 0 Å². The minimum Gasteiger partial charge on any atom is -0.465 e. The number of nitrogens with zero attached hydrogens (tertiary/aromatic N) is 1. The molecule has 0 aliphatic rings. The Balaban J connectivity index is 2.55. The average Bonchev–Trinajstić information content (AvgIpc) is 3.12. The SMILES string of the molecule is COC(=O)c1sc2c3sc(C(=O)OC)c(C(=O)OC)sc3n(C(C)C)c2sc1C(=O)OC. The molecule has 0 saturated carbocycles. The number of hydrogen-bond acceptors (Lipinski definition) is 12. The Labute approximate surface area is 198 Å². The fraction of sp³-hybridized carbons (Fsp3) is 0.368. The monoisotopic (exact) mass is 517 g/mol. The average molecular weight is 518 g/mol. The number of ether oxygens (including phenoxy) is 4. The van der Waals surface area contributed by atoms with Crippen molar-refractivity contribution >= 4 is 88.3 Å². The topological polar surface area (TPSA) is 110 Å². The third kappa shape index (κ3) is 4.00. The smallest absolute Gasteiger partial charge is 0.349 e. The lowest BCUT2D eigenvalue weighted by Gasteiger charge is -2.12. The molecular weight excluding hydrogens is 498 g/mol. The highest BCUT2D eigenvalue weighted by Crippen LogP contribution is 2.45. The third-order valence-electron chi connectivity index (χ3n) is 4.25. The number of esters is 4. The second-order valence-corrected chi connectivity index (χ2v) is 10.5. The number of aromatic nitrogens is 1. The molecule has 32 heavy (non-hydrogen) atoms. The van der Waals surface area contributed by atoms with Gasteiger partial charge in [0.05, 0.1) is 37.8 Å². The zero-order chi connectivity index (χ0) is 23.7. The molecule has 0 radical (unpaired) electrons. The van der Waals surface area contributed by atoms with Crippen LogP contribution in [0.4, 0.5) is 0 Å². The molecule has 0 aliphatic carbocycles. The molecule has 0 saturated heterocycles. The maximum absolute atomic E-state index is 12.4. The summed E-state index contributed by atoms with van der Waals surface area (Å²) >= 11 is 4.32. The van der Waals surface area contributed by atoms with Crippen molar-refractivity contribution in [3.63, 3.8) is 0 Å². The van der Waals surface area contributed by atoms with Crippen LogP contribution in [0.15, 0.2) is 0 Å². The number of carbonyl (C=O) groups is 4. The number of fused-ring (bicyclic) bond motifs is 3. The fourth-order valence-corrected chi connectivity index (χ4v) is 8.38. The summed E-state index contributed by atoms with van der Waals surface area (Å²) in [4.78, 5) is 51.5. The van der Waals surface area contributed by atoms with Crippen molar-refractivity contribution in [1.82, 2.24) is 4.57 Å². The van der Waals surface area contributed by atoms with E-state index in [-0.39, 0.29) is 25.6 Å². The Kier molecular flexibility index (Phi) is 7.22.